The molecule has 1 unspecified atom stereocenters. The van der Waals surface area contributed by atoms with E-state index in [9.17, 15) is 19.1 Å². The number of benzene rings is 3. The summed E-state index contributed by atoms with van der Waals surface area (Å²) in [7, 11) is 1.45. The van der Waals surface area contributed by atoms with Gasteiger partial charge in [-0.2, -0.15) is 0 Å². The van der Waals surface area contributed by atoms with Crippen LogP contribution < -0.4 is 10.1 Å². The van der Waals surface area contributed by atoms with Gasteiger partial charge >= 0.3 is 0 Å². The smallest absolute Gasteiger partial charge is 0.257 e. The molecule has 1 atom stereocenters. The highest BCUT2D eigenvalue weighted by molar-refractivity contribution is 5.98. The van der Waals surface area contributed by atoms with Crippen molar-refractivity contribution in [3.8, 4) is 11.5 Å². The number of ether oxygens (including phenoxy) is 1. The summed E-state index contributed by atoms with van der Waals surface area (Å²) in [6, 6.07) is 15.9. The molecular formula is C30H32FN3O4. The zero-order chi connectivity index (χ0) is 26.6. The Kier molecular flexibility index (Phi) is 7.60. The van der Waals surface area contributed by atoms with Crippen molar-refractivity contribution in [2.45, 2.75) is 31.8 Å². The van der Waals surface area contributed by atoms with Crippen molar-refractivity contribution in [3.05, 3.63) is 83.2 Å². The SMILES string of the molecule is COc1cccc(C(=O)N2CCC(=CC(=O)NC3CCN(Cc4ccc5cc(F)ccc5c4)C3)CC2)c1O. The van der Waals surface area contributed by atoms with Crippen LogP contribution >= 0.6 is 0 Å². The van der Waals surface area contributed by atoms with Crippen LogP contribution in [0.5, 0.6) is 11.5 Å². The second-order valence-corrected chi connectivity index (χ2v) is 10.0. The number of aromatic hydroxyl groups is 1. The fraction of sp³-hybridized carbons (Fsp3) is 0.333. The van der Waals surface area contributed by atoms with Crippen LogP contribution in [-0.4, -0.2) is 66.1 Å². The van der Waals surface area contributed by atoms with Crippen LogP contribution in [0.3, 0.4) is 0 Å². The number of piperidine rings is 1. The molecule has 2 heterocycles. The van der Waals surface area contributed by atoms with Gasteiger partial charge in [0.25, 0.3) is 5.91 Å². The van der Waals surface area contributed by atoms with E-state index in [4.69, 9.17) is 4.74 Å². The zero-order valence-corrected chi connectivity index (χ0v) is 21.5. The second-order valence-electron chi connectivity index (χ2n) is 10.0. The van der Waals surface area contributed by atoms with Crippen molar-refractivity contribution in [1.82, 2.24) is 15.1 Å². The van der Waals surface area contributed by atoms with Gasteiger partial charge < -0.3 is 20.1 Å². The molecule has 5 rings (SSSR count). The highest BCUT2D eigenvalue weighted by atomic mass is 19.1. The average Bonchev–Trinajstić information content (AvgIpc) is 3.35. The molecule has 8 heteroatoms. The van der Waals surface area contributed by atoms with Crippen LogP contribution in [0.15, 0.2) is 66.2 Å². The third kappa shape index (κ3) is 5.81. The lowest BCUT2D eigenvalue weighted by molar-refractivity contribution is -0.117. The monoisotopic (exact) mass is 517 g/mol. The number of amides is 2. The Hall–Kier alpha value is -3.91. The lowest BCUT2D eigenvalue weighted by atomic mass is 10.0. The van der Waals surface area contributed by atoms with Gasteiger partial charge in [0, 0.05) is 44.8 Å². The van der Waals surface area contributed by atoms with Crippen LogP contribution in [-0.2, 0) is 11.3 Å². The summed E-state index contributed by atoms with van der Waals surface area (Å²) in [5.74, 6) is -0.447. The van der Waals surface area contributed by atoms with Gasteiger partial charge in [-0.05, 0) is 65.9 Å². The lowest BCUT2D eigenvalue weighted by Crippen LogP contribution is -2.38. The Morgan fingerprint density at radius 1 is 1.08 bits per heavy atom. The largest absolute Gasteiger partial charge is 0.504 e. The first-order valence-corrected chi connectivity index (χ1v) is 13.0. The molecule has 2 aliphatic heterocycles. The van der Waals surface area contributed by atoms with Crippen molar-refractivity contribution in [2.24, 2.45) is 0 Å². The van der Waals surface area contributed by atoms with E-state index in [1.54, 1.807) is 41.3 Å². The number of hydrogen-bond acceptors (Lipinski definition) is 5. The van der Waals surface area contributed by atoms with Gasteiger partial charge in [-0.1, -0.05) is 29.8 Å². The normalized spacial score (nSPS) is 18.0. The third-order valence-electron chi connectivity index (χ3n) is 7.37. The number of hydrogen-bond donors (Lipinski definition) is 2. The molecule has 2 N–H and O–H groups in total. The van der Waals surface area contributed by atoms with E-state index in [-0.39, 0.29) is 40.7 Å². The quantitative estimate of drug-likeness (QED) is 0.478. The van der Waals surface area contributed by atoms with Gasteiger partial charge in [-0.25, -0.2) is 4.39 Å². The van der Waals surface area contributed by atoms with Crippen molar-refractivity contribution in [1.29, 1.82) is 0 Å². The Bertz CT molecular complexity index is 1380. The first kappa shape index (κ1) is 25.7. The maximum atomic E-state index is 13.4. The van der Waals surface area contributed by atoms with Gasteiger partial charge in [0.05, 0.1) is 12.7 Å². The van der Waals surface area contributed by atoms with Gasteiger partial charge in [-0.15, -0.1) is 0 Å². The molecule has 3 aromatic rings. The highest BCUT2D eigenvalue weighted by Crippen LogP contribution is 2.31. The Morgan fingerprint density at radius 2 is 1.84 bits per heavy atom. The number of methoxy groups -OCH3 is 1. The van der Waals surface area contributed by atoms with Gasteiger partial charge in [0.15, 0.2) is 11.5 Å². The van der Waals surface area contributed by atoms with Crippen LogP contribution in [0.1, 0.15) is 35.2 Å². The van der Waals surface area contributed by atoms with Crippen molar-refractivity contribution in [2.75, 3.05) is 33.3 Å². The summed E-state index contributed by atoms with van der Waals surface area (Å²) in [5, 5.41) is 15.3. The number of nitrogens with zero attached hydrogens (tertiary/aromatic N) is 2. The maximum absolute atomic E-state index is 13.4. The van der Waals surface area contributed by atoms with Gasteiger partial charge in [-0.3, -0.25) is 14.5 Å². The summed E-state index contributed by atoms with van der Waals surface area (Å²) in [4.78, 5) is 29.6. The first-order chi connectivity index (χ1) is 18.4. The van der Waals surface area contributed by atoms with E-state index >= 15 is 0 Å². The molecule has 0 bridgehead atoms. The minimum absolute atomic E-state index is 0.0894. The topological polar surface area (TPSA) is 82.1 Å². The van der Waals surface area contributed by atoms with Crippen LogP contribution in [0, 0.1) is 5.82 Å². The number of nitrogens with one attached hydrogen (secondary N) is 1. The molecule has 0 aliphatic carbocycles. The highest BCUT2D eigenvalue weighted by Gasteiger charge is 2.26. The molecule has 198 valence electrons. The van der Waals surface area contributed by atoms with Crippen LogP contribution in [0.2, 0.25) is 0 Å². The van der Waals surface area contributed by atoms with E-state index in [2.05, 4.69) is 16.3 Å². The fourth-order valence-electron chi connectivity index (χ4n) is 5.32. The number of halogens is 1. The van der Waals surface area contributed by atoms with Crippen molar-refractivity contribution < 1.29 is 23.8 Å². The maximum Gasteiger partial charge on any atom is 0.257 e. The number of carbonyl (C=O) groups is 2. The number of phenols is 1. The Labute approximate surface area is 221 Å². The molecule has 0 radical (unpaired) electrons. The molecule has 0 spiro atoms. The molecule has 2 fully saturated rings. The van der Waals surface area contributed by atoms with E-state index < -0.39 is 0 Å². The van der Waals surface area contributed by atoms with Gasteiger partial charge in [0.1, 0.15) is 5.82 Å². The lowest BCUT2D eigenvalue weighted by Gasteiger charge is -2.29. The summed E-state index contributed by atoms with van der Waals surface area (Å²) < 4.78 is 18.5. The summed E-state index contributed by atoms with van der Waals surface area (Å²) >= 11 is 0. The molecule has 2 aliphatic rings. The molecule has 3 aromatic carbocycles. The molecule has 0 saturated carbocycles. The number of rotatable bonds is 6. The summed E-state index contributed by atoms with van der Waals surface area (Å²) in [5.41, 5.74) is 2.41. The standard InChI is InChI=1S/C30H32FN3O4/c1-38-27-4-2-3-26(29(27)36)30(37)34-13-9-20(10-14-34)16-28(35)32-25-11-12-33(19-25)18-21-5-6-23-17-24(31)8-7-22(23)15-21/h2-8,15-17,25,36H,9-14,18-19H2,1H3,(H,32,35). The molecule has 0 aromatic heterocycles. The fourth-order valence-corrected chi connectivity index (χ4v) is 5.32. The molecule has 2 saturated heterocycles. The Balaban J connectivity index is 1.10. The molecule has 2 amide bonds. The number of fused-ring (bicyclic) bond motifs is 1. The van der Waals surface area contributed by atoms with Gasteiger partial charge in [0.2, 0.25) is 5.91 Å². The summed E-state index contributed by atoms with van der Waals surface area (Å²) in [6.45, 7) is 3.45. The Morgan fingerprint density at radius 3 is 2.63 bits per heavy atom. The van der Waals surface area contributed by atoms with Crippen molar-refractivity contribution in [3.63, 3.8) is 0 Å². The number of carbonyl (C=O) groups excluding carboxylic acids is 2. The zero-order valence-electron chi connectivity index (χ0n) is 21.5. The van der Waals surface area contributed by atoms with Crippen molar-refractivity contribution >= 4 is 22.6 Å². The van der Waals surface area contributed by atoms with E-state index in [0.717, 1.165) is 42.4 Å². The molecular weight excluding hydrogens is 485 g/mol. The average molecular weight is 518 g/mol. The number of likely N-dealkylation sites (tertiary alicyclic amines) is 2. The van der Waals surface area contributed by atoms with E-state index in [1.807, 2.05) is 12.1 Å². The van der Waals surface area contributed by atoms with E-state index in [1.165, 1.54) is 18.7 Å². The van der Waals surface area contributed by atoms with Crippen LogP contribution in [0.25, 0.3) is 10.8 Å². The number of phenolic OH excluding ortho intramolecular Hbond substituents is 1. The minimum Gasteiger partial charge on any atom is -0.504 e. The molecule has 7 nitrogen and oxygen atoms in total. The summed E-state index contributed by atoms with van der Waals surface area (Å²) in [6.07, 6.45) is 3.80. The first-order valence-electron chi connectivity index (χ1n) is 13.0. The number of para-hydroxylation sites is 1. The second kappa shape index (κ2) is 11.2. The van der Waals surface area contributed by atoms with E-state index in [0.29, 0.717) is 25.9 Å². The van der Waals surface area contributed by atoms with Crippen LogP contribution in [0.4, 0.5) is 4.39 Å². The predicted molar refractivity (Wildman–Crippen MR) is 144 cm³/mol. The third-order valence-corrected chi connectivity index (χ3v) is 7.37. The predicted octanol–water partition coefficient (Wildman–Crippen LogP) is 4.25. The minimum atomic E-state index is -0.241. The molecule has 38 heavy (non-hydrogen) atoms.